The fourth-order valence-electron chi connectivity index (χ4n) is 4.32. The van der Waals surface area contributed by atoms with E-state index in [9.17, 15) is 14.4 Å². The van der Waals surface area contributed by atoms with E-state index in [4.69, 9.17) is 0 Å². The minimum atomic E-state index is -0.333. The van der Waals surface area contributed by atoms with E-state index in [1.165, 1.54) is 18.5 Å². The Kier molecular flexibility index (Phi) is 4.72. The van der Waals surface area contributed by atoms with Gasteiger partial charge in [0.05, 0.1) is 11.8 Å². The Bertz CT molecular complexity index is 785. The lowest BCUT2D eigenvalue weighted by Gasteiger charge is -2.20. The molecule has 1 aliphatic carbocycles. The largest absolute Gasteiger partial charge is 0.372 e. The molecule has 0 spiro atoms. The van der Waals surface area contributed by atoms with Crippen LogP contribution < -0.4 is 10.2 Å². The number of rotatable bonds is 4. The molecule has 27 heavy (non-hydrogen) atoms. The maximum Gasteiger partial charge on any atom is 0.244 e. The van der Waals surface area contributed by atoms with Crippen LogP contribution in [0.5, 0.6) is 0 Å². The van der Waals surface area contributed by atoms with Gasteiger partial charge in [0.15, 0.2) is 0 Å². The second-order valence-corrected chi connectivity index (χ2v) is 7.66. The molecule has 1 N–H and O–H groups in total. The summed E-state index contributed by atoms with van der Waals surface area (Å²) in [6, 6.07) is 5.99. The molecule has 2 atom stereocenters. The number of carbonyl (C=O) groups excluding carboxylic acids is 3. The molecule has 3 amide bonds. The van der Waals surface area contributed by atoms with Crippen molar-refractivity contribution in [1.29, 1.82) is 0 Å². The number of anilines is 2. The average molecular weight is 367 g/mol. The maximum atomic E-state index is 12.5. The molecule has 1 aromatic rings. The Morgan fingerprint density at radius 2 is 1.70 bits per heavy atom. The van der Waals surface area contributed by atoms with Gasteiger partial charge in [-0.15, -0.1) is 0 Å². The van der Waals surface area contributed by atoms with Gasteiger partial charge in [0.2, 0.25) is 17.7 Å². The highest BCUT2D eigenvalue weighted by Gasteiger charge is 2.47. The number of nitrogens with zero attached hydrogens (tertiary/aromatic N) is 2. The first-order valence-electron chi connectivity index (χ1n) is 9.70. The molecule has 3 aliphatic rings. The van der Waals surface area contributed by atoms with Crippen molar-refractivity contribution in [3.05, 3.63) is 35.9 Å². The predicted octanol–water partition coefficient (Wildman–Crippen LogP) is 2.48. The lowest BCUT2D eigenvalue weighted by Crippen LogP contribution is -2.38. The first kappa shape index (κ1) is 17.8. The Morgan fingerprint density at radius 1 is 1.07 bits per heavy atom. The summed E-state index contributed by atoms with van der Waals surface area (Å²) in [6.45, 7) is 3.89. The van der Waals surface area contributed by atoms with Crippen LogP contribution in [0.15, 0.2) is 30.4 Å². The normalized spacial score (nSPS) is 24.5. The summed E-state index contributed by atoms with van der Waals surface area (Å²) >= 11 is 0. The SMILES string of the molecule is Cc1cc(N2CCCC2)ccc1NC(=O)CN1C(=O)C2CC=CCC2C1=O. The monoisotopic (exact) mass is 367 g/mol. The number of aryl methyl sites for hydroxylation is 1. The zero-order chi connectivity index (χ0) is 19.0. The van der Waals surface area contributed by atoms with Crippen LogP contribution >= 0.6 is 0 Å². The van der Waals surface area contributed by atoms with Gasteiger partial charge < -0.3 is 10.2 Å². The molecule has 6 heteroatoms. The molecule has 2 unspecified atom stereocenters. The highest BCUT2D eigenvalue weighted by Crippen LogP contribution is 2.35. The van der Waals surface area contributed by atoms with Crippen LogP contribution in [0.25, 0.3) is 0 Å². The molecule has 0 bridgehead atoms. The van der Waals surface area contributed by atoms with Gasteiger partial charge in [-0.1, -0.05) is 12.2 Å². The van der Waals surface area contributed by atoms with E-state index in [1.807, 2.05) is 31.2 Å². The highest BCUT2D eigenvalue weighted by molar-refractivity contribution is 6.09. The summed E-state index contributed by atoms with van der Waals surface area (Å²) in [5.74, 6) is -1.36. The summed E-state index contributed by atoms with van der Waals surface area (Å²) in [4.78, 5) is 40.9. The van der Waals surface area contributed by atoms with Gasteiger partial charge in [0, 0.05) is 24.5 Å². The van der Waals surface area contributed by atoms with E-state index < -0.39 is 0 Å². The molecule has 0 radical (unpaired) electrons. The fraction of sp³-hybridized carbons (Fsp3) is 0.476. The molecule has 2 aliphatic heterocycles. The van der Waals surface area contributed by atoms with Crippen LogP contribution in [0.3, 0.4) is 0 Å². The fourth-order valence-corrected chi connectivity index (χ4v) is 4.32. The summed E-state index contributed by atoms with van der Waals surface area (Å²) < 4.78 is 0. The molecule has 0 saturated carbocycles. The number of imide groups is 1. The van der Waals surface area contributed by atoms with Crippen LogP contribution in [0.2, 0.25) is 0 Å². The molecule has 2 heterocycles. The second kappa shape index (κ2) is 7.18. The van der Waals surface area contributed by atoms with Gasteiger partial charge in [-0.2, -0.15) is 0 Å². The lowest BCUT2D eigenvalue weighted by atomic mass is 9.85. The van der Waals surface area contributed by atoms with Gasteiger partial charge in [-0.05, 0) is 56.4 Å². The van der Waals surface area contributed by atoms with Crippen molar-refractivity contribution in [2.24, 2.45) is 11.8 Å². The van der Waals surface area contributed by atoms with E-state index in [-0.39, 0.29) is 36.1 Å². The first-order chi connectivity index (χ1) is 13.0. The van der Waals surface area contributed by atoms with Gasteiger partial charge in [-0.3, -0.25) is 19.3 Å². The van der Waals surface area contributed by atoms with Crippen molar-refractivity contribution in [3.63, 3.8) is 0 Å². The van der Waals surface area contributed by atoms with Crippen LogP contribution in [0, 0.1) is 18.8 Å². The third-order valence-corrected chi connectivity index (χ3v) is 5.86. The van der Waals surface area contributed by atoms with Crippen molar-refractivity contribution >= 4 is 29.1 Å². The maximum absolute atomic E-state index is 12.5. The molecule has 1 aromatic carbocycles. The number of benzene rings is 1. The molecule has 2 saturated heterocycles. The third kappa shape index (κ3) is 3.36. The van der Waals surface area contributed by atoms with Crippen LogP contribution in [0.1, 0.15) is 31.2 Å². The van der Waals surface area contributed by atoms with Gasteiger partial charge in [-0.25, -0.2) is 0 Å². The highest BCUT2D eigenvalue weighted by atomic mass is 16.2. The first-order valence-corrected chi connectivity index (χ1v) is 9.70. The number of hydrogen-bond acceptors (Lipinski definition) is 4. The Morgan fingerprint density at radius 3 is 2.30 bits per heavy atom. The number of likely N-dealkylation sites (tertiary alicyclic amines) is 1. The van der Waals surface area contributed by atoms with Gasteiger partial charge in [0.25, 0.3) is 0 Å². The Labute approximate surface area is 159 Å². The minimum Gasteiger partial charge on any atom is -0.372 e. The number of nitrogens with one attached hydrogen (secondary N) is 1. The van der Waals surface area contributed by atoms with Crippen LogP contribution in [0.4, 0.5) is 11.4 Å². The second-order valence-electron chi connectivity index (χ2n) is 7.66. The third-order valence-electron chi connectivity index (χ3n) is 5.86. The molecule has 0 aromatic heterocycles. The van der Waals surface area contributed by atoms with E-state index in [2.05, 4.69) is 16.3 Å². The summed E-state index contributed by atoms with van der Waals surface area (Å²) in [6.07, 6.45) is 7.50. The van der Waals surface area contributed by atoms with Crippen molar-refractivity contribution in [2.75, 3.05) is 29.9 Å². The van der Waals surface area contributed by atoms with E-state index in [0.717, 1.165) is 29.2 Å². The summed E-state index contributed by atoms with van der Waals surface area (Å²) in [5, 5.41) is 2.86. The lowest BCUT2D eigenvalue weighted by molar-refractivity contribution is -0.142. The van der Waals surface area contributed by atoms with E-state index in [0.29, 0.717) is 12.8 Å². The zero-order valence-corrected chi connectivity index (χ0v) is 15.6. The number of amides is 3. The zero-order valence-electron chi connectivity index (χ0n) is 15.6. The molecule has 142 valence electrons. The number of allylic oxidation sites excluding steroid dienone is 2. The quantitative estimate of drug-likeness (QED) is 0.656. The average Bonchev–Trinajstić information content (AvgIpc) is 3.28. The number of hydrogen-bond donors (Lipinski definition) is 1. The van der Waals surface area contributed by atoms with Gasteiger partial charge >= 0.3 is 0 Å². The molecule has 6 nitrogen and oxygen atoms in total. The Hall–Kier alpha value is -2.63. The summed E-state index contributed by atoms with van der Waals surface area (Å²) in [5.41, 5.74) is 2.87. The van der Waals surface area contributed by atoms with Crippen molar-refractivity contribution in [3.8, 4) is 0 Å². The van der Waals surface area contributed by atoms with Crippen LogP contribution in [-0.2, 0) is 14.4 Å². The van der Waals surface area contributed by atoms with Gasteiger partial charge in [0.1, 0.15) is 6.54 Å². The van der Waals surface area contributed by atoms with Crippen molar-refractivity contribution in [1.82, 2.24) is 4.90 Å². The number of fused-ring (bicyclic) bond motifs is 1. The smallest absolute Gasteiger partial charge is 0.244 e. The topological polar surface area (TPSA) is 69.7 Å². The van der Waals surface area contributed by atoms with Crippen molar-refractivity contribution < 1.29 is 14.4 Å². The Balaban J connectivity index is 1.41. The standard InChI is InChI=1S/C21H25N3O3/c1-14-12-15(23-10-4-5-11-23)8-9-18(14)22-19(25)13-24-20(26)16-6-2-3-7-17(16)21(24)27/h2-3,8-9,12,16-17H,4-7,10-11,13H2,1H3,(H,22,25). The van der Waals surface area contributed by atoms with Crippen LogP contribution in [-0.4, -0.2) is 42.3 Å². The number of carbonyl (C=O) groups is 3. The minimum absolute atomic E-state index is 0.210. The molecular formula is C21H25N3O3. The van der Waals surface area contributed by atoms with Crippen molar-refractivity contribution in [2.45, 2.75) is 32.6 Å². The predicted molar refractivity (Wildman–Crippen MR) is 103 cm³/mol. The summed E-state index contributed by atoms with van der Waals surface area (Å²) in [7, 11) is 0. The van der Waals surface area contributed by atoms with E-state index in [1.54, 1.807) is 0 Å². The molecule has 2 fully saturated rings. The molecule has 4 rings (SSSR count). The van der Waals surface area contributed by atoms with E-state index >= 15 is 0 Å². The molecular weight excluding hydrogens is 342 g/mol.